The van der Waals surface area contributed by atoms with E-state index in [4.69, 9.17) is 0 Å². The number of aryl methyl sites for hydroxylation is 2. The van der Waals surface area contributed by atoms with E-state index in [0.717, 1.165) is 22.3 Å². The Morgan fingerprint density at radius 2 is 2.19 bits per heavy atom. The zero-order chi connectivity index (χ0) is 19.4. The van der Waals surface area contributed by atoms with Crippen LogP contribution in [0.25, 0.3) is 10.2 Å². The van der Waals surface area contributed by atoms with Crippen LogP contribution in [-0.2, 0) is 11.3 Å². The van der Waals surface area contributed by atoms with Crippen molar-refractivity contribution < 1.29 is 18.0 Å². The maximum absolute atomic E-state index is 12.2. The molecule has 1 aromatic carbocycles. The molecular weight excluding hydrogens is 397 g/mol. The average Bonchev–Trinajstić information content (AvgIpc) is 3.17. The van der Waals surface area contributed by atoms with E-state index in [1.165, 1.54) is 11.3 Å². The lowest BCUT2D eigenvalue weighted by atomic mass is 10.3. The quantitative estimate of drug-likeness (QED) is 0.560. The molecule has 1 N–H and O–H groups in total. The largest absolute Gasteiger partial charge is 0.389 e. The first-order valence-corrected chi connectivity index (χ1v) is 9.98. The number of anilines is 1. The number of thioether (sulfide) groups is 1. The molecule has 2 heterocycles. The second kappa shape index (κ2) is 8.30. The first kappa shape index (κ1) is 19.7. The molecule has 3 aromatic rings. The van der Waals surface area contributed by atoms with Crippen molar-refractivity contribution in [1.29, 1.82) is 0 Å². The molecule has 0 atom stereocenters. The number of alkyl halides is 3. The van der Waals surface area contributed by atoms with Gasteiger partial charge in [-0.2, -0.15) is 13.2 Å². The minimum Gasteiger partial charge on any atom is -0.335 e. The van der Waals surface area contributed by atoms with E-state index in [-0.39, 0.29) is 11.7 Å². The van der Waals surface area contributed by atoms with Crippen molar-refractivity contribution in [3.05, 3.63) is 36.4 Å². The highest BCUT2D eigenvalue weighted by Crippen LogP contribution is 2.33. The molecule has 0 aliphatic rings. The van der Waals surface area contributed by atoms with Gasteiger partial charge in [-0.15, -0.1) is 11.3 Å². The van der Waals surface area contributed by atoms with Crippen molar-refractivity contribution in [2.24, 2.45) is 0 Å². The number of hydrogen-bond acceptors (Lipinski definition) is 5. The summed E-state index contributed by atoms with van der Waals surface area (Å²) in [5, 5.41) is 2.84. The number of thiazole rings is 1. The number of nitrogens with one attached hydrogen (secondary N) is 1. The third kappa shape index (κ3) is 5.70. The molecule has 3 rings (SSSR count). The fourth-order valence-electron chi connectivity index (χ4n) is 2.38. The minimum absolute atomic E-state index is 0.0550. The van der Waals surface area contributed by atoms with Gasteiger partial charge in [0.1, 0.15) is 5.82 Å². The summed E-state index contributed by atoms with van der Waals surface area (Å²) in [5.41, 5.74) is 1.35. The van der Waals surface area contributed by atoms with Gasteiger partial charge in [0.25, 0.3) is 0 Å². The molecular formula is C17H17F3N4OS2. The number of amides is 1. The van der Waals surface area contributed by atoms with E-state index in [0.29, 0.717) is 28.5 Å². The maximum atomic E-state index is 12.2. The molecule has 2 aromatic heterocycles. The third-order valence-electron chi connectivity index (χ3n) is 3.77. The fraction of sp³-hybridized carbons (Fsp3) is 0.353. The summed E-state index contributed by atoms with van der Waals surface area (Å²) in [5.74, 6) is 0.678. The Balaban J connectivity index is 1.57. The monoisotopic (exact) mass is 414 g/mol. The topological polar surface area (TPSA) is 59.8 Å². The molecule has 1 amide bonds. The highest BCUT2D eigenvalue weighted by molar-refractivity contribution is 8.01. The van der Waals surface area contributed by atoms with E-state index >= 15 is 0 Å². The molecule has 0 aliphatic carbocycles. The van der Waals surface area contributed by atoms with Gasteiger partial charge in [0.05, 0.1) is 16.6 Å². The summed E-state index contributed by atoms with van der Waals surface area (Å²) in [6.07, 6.45) is -1.17. The SMILES string of the molecule is Cc1nccn1CCC(=O)Nc1ccc2nc(SCCC(F)(F)F)sc2c1. The second-order valence-electron chi connectivity index (χ2n) is 5.84. The van der Waals surface area contributed by atoms with Gasteiger partial charge in [-0.05, 0) is 25.1 Å². The number of aromatic nitrogens is 3. The minimum atomic E-state index is -4.16. The van der Waals surface area contributed by atoms with Gasteiger partial charge < -0.3 is 9.88 Å². The molecule has 27 heavy (non-hydrogen) atoms. The Kier molecular flexibility index (Phi) is 6.05. The van der Waals surface area contributed by atoms with Gasteiger partial charge in [0, 0.05) is 36.8 Å². The van der Waals surface area contributed by atoms with Gasteiger partial charge >= 0.3 is 6.18 Å². The summed E-state index contributed by atoms with van der Waals surface area (Å²) < 4.78 is 40.0. The Morgan fingerprint density at radius 1 is 1.37 bits per heavy atom. The Hall–Kier alpha value is -2.07. The van der Waals surface area contributed by atoms with Gasteiger partial charge in [0.2, 0.25) is 5.91 Å². The Labute approximate surface area is 162 Å². The molecule has 0 radical (unpaired) electrons. The molecule has 0 saturated heterocycles. The number of carbonyl (C=O) groups excluding carboxylic acids is 1. The van der Waals surface area contributed by atoms with Crippen LogP contribution < -0.4 is 5.32 Å². The van der Waals surface area contributed by atoms with Gasteiger partial charge in [-0.3, -0.25) is 4.79 Å². The summed E-state index contributed by atoms with van der Waals surface area (Å²) in [6, 6.07) is 5.29. The van der Waals surface area contributed by atoms with Crippen molar-refractivity contribution in [2.45, 2.75) is 36.8 Å². The predicted octanol–water partition coefficient (Wildman–Crippen LogP) is 4.87. The van der Waals surface area contributed by atoms with Crippen molar-refractivity contribution in [2.75, 3.05) is 11.1 Å². The Morgan fingerprint density at radius 3 is 2.89 bits per heavy atom. The molecule has 5 nitrogen and oxygen atoms in total. The summed E-state index contributed by atoms with van der Waals surface area (Å²) in [6.45, 7) is 2.42. The van der Waals surface area contributed by atoms with Crippen LogP contribution in [0.1, 0.15) is 18.7 Å². The van der Waals surface area contributed by atoms with E-state index in [2.05, 4.69) is 15.3 Å². The lowest BCUT2D eigenvalue weighted by Crippen LogP contribution is -2.14. The number of imidazole rings is 1. The molecule has 0 saturated carbocycles. The highest BCUT2D eigenvalue weighted by Gasteiger charge is 2.26. The van der Waals surface area contributed by atoms with Crippen molar-refractivity contribution in [3.63, 3.8) is 0 Å². The van der Waals surface area contributed by atoms with Gasteiger partial charge in [-0.1, -0.05) is 11.8 Å². The molecule has 0 bridgehead atoms. The van der Waals surface area contributed by atoms with Crippen LogP contribution >= 0.6 is 23.1 Å². The average molecular weight is 414 g/mol. The van der Waals surface area contributed by atoms with E-state index in [1.54, 1.807) is 24.4 Å². The van der Waals surface area contributed by atoms with Crippen LogP contribution in [0.2, 0.25) is 0 Å². The number of fused-ring (bicyclic) bond motifs is 1. The fourth-order valence-corrected chi connectivity index (χ4v) is 4.54. The maximum Gasteiger partial charge on any atom is 0.389 e. The number of hydrogen-bond donors (Lipinski definition) is 1. The van der Waals surface area contributed by atoms with Crippen molar-refractivity contribution >= 4 is 44.9 Å². The first-order chi connectivity index (χ1) is 12.8. The summed E-state index contributed by atoms with van der Waals surface area (Å²) >= 11 is 2.42. The molecule has 0 unspecified atom stereocenters. The van der Waals surface area contributed by atoms with E-state index in [9.17, 15) is 18.0 Å². The lowest BCUT2D eigenvalue weighted by Gasteiger charge is -2.07. The van der Waals surface area contributed by atoms with E-state index < -0.39 is 12.6 Å². The Bertz CT molecular complexity index is 936. The zero-order valence-electron chi connectivity index (χ0n) is 14.4. The van der Waals surface area contributed by atoms with Crippen molar-refractivity contribution in [3.8, 4) is 0 Å². The molecule has 0 aliphatic heterocycles. The number of halogens is 3. The zero-order valence-corrected chi connectivity index (χ0v) is 16.0. The molecule has 0 fully saturated rings. The summed E-state index contributed by atoms with van der Waals surface area (Å²) in [7, 11) is 0. The molecule has 0 spiro atoms. The van der Waals surface area contributed by atoms with Crippen LogP contribution in [0.3, 0.4) is 0 Å². The summed E-state index contributed by atoms with van der Waals surface area (Å²) in [4.78, 5) is 20.6. The first-order valence-electron chi connectivity index (χ1n) is 8.18. The van der Waals surface area contributed by atoms with Crippen LogP contribution in [0.5, 0.6) is 0 Å². The number of nitrogens with zero attached hydrogens (tertiary/aromatic N) is 3. The smallest absolute Gasteiger partial charge is 0.335 e. The highest BCUT2D eigenvalue weighted by atomic mass is 32.2. The van der Waals surface area contributed by atoms with Crippen LogP contribution in [0, 0.1) is 6.92 Å². The van der Waals surface area contributed by atoms with Gasteiger partial charge in [0.15, 0.2) is 4.34 Å². The molecule has 10 heteroatoms. The standard InChI is InChI=1S/C17H17F3N4OS2/c1-11-21-6-8-24(11)7-4-15(25)22-12-2-3-13-14(10-12)27-16(23-13)26-9-5-17(18,19)20/h2-3,6,8,10H,4-5,7,9H2,1H3,(H,22,25). The van der Waals surface area contributed by atoms with Crippen LogP contribution in [-0.4, -0.2) is 32.4 Å². The number of carbonyl (C=O) groups is 1. The van der Waals surface area contributed by atoms with Gasteiger partial charge in [-0.25, -0.2) is 9.97 Å². The third-order valence-corrected chi connectivity index (χ3v) is 5.93. The number of benzene rings is 1. The normalized spacial score (nSPS) is 11.9. The molecule has 144 valence electrons. The lowest BCUT2D eigenvalue weighted by molar-refractivity contribution is -0.129. The van der Waals surface area contributed by atoms with Crippen LogP contribution in [0.4, 0.5) is 18.9 Å². The number of rotatable bonds is 7. The van der Waals surface area contributed by atoms with E-state index in [1.807, 2.05) is 17.7 Å². The second-order valence-corrected chi connectivity index (χ2v) is 8.21. The predicted molar refractivity (Wildman–Crippen MR) is 101 cm³/mol. The van der Waals surface area contributed by atoms with Crippen molar-refractivity contribution in [1.82, 2.24) is 14.5 Å². The van der Waals surface area contributed by atoms with Crippen LogP contribution in [0.15, 0.2) is 34.9 Å².